The monoisotopic (exact) mass is 504 g/mol. The number of fused-ring (bicyclic) bond motifs is 2. The van der Waals surface area contributed by atoms with Crippen molar-refractivity contribution in [1.82, 2.24) is 20.0 Å². The second-order valence-corrected chi connectivity index (χ2v) is 16.7. The summed E-state index contributed by atoms with van der Waals surface area (Å²) in [6.45, 7) is 9.19. The van der Waals surface area contributed by atoms with E-state index >= 15 is 0 Å². The van der Waals surface area contributed by atoms with Gasteiger partial charge in [-0.1, -0.05) is 19.6 Å². The summed E-state index contributed by atoms with van der Waals surface area (Å²) in [5.74, 6) is -0.398. The van der Waals surface area contributed by atoms with E-state index in [-0.39, 0.29) is 42.1 Å². The highest BCUT2D eigenvalue weighted by Gasteiger charge is 2.45. The van der Waals surface area contributed by atoms with Crippen LogP contribution in [-0.4, -0.2) is 66.5 Å². The minimum atomic E-state index is -1.27. The number of hydrogen-bond donors (Lipinski definition) is 1. The number of halogens is 1. The Morgan fingerprint density at radius 1 is 1.23 bits per heavy atom. The molecule has 0 spiro atoms. The van der Waals surface area contributed by atoms with Crippen LogP contribution in [0.3, 0.4) is 0 Å². The zero-order valence-electron chi connectivity index (χ0n) is 21.3. The molecule has 2 fully saturated rings. The number of ketones is 1. The van der Waals surface area contributed by atoms with E-state index < -0.39 is 20.1 Å². The third kappa shape index (κ3) is 5.75. The van der Waals surface area contributed by atoms with E-state index in [2.05, 4.69) is 30.1 Å². The van der Waals surface area contributed by atoms with Crippen molar-refractivity contribution >= 4 is 25.3 Å². The maximum atomic E-state index is 14.9. The fourth-order valence-electron chi connectivity index (χ4n) is 5.19. The first-order valence-corrected chi connectivity index (χ1v) is 16.1. The Morgan fingerprint density at radius 2 is 1.91 bits per heavy atom. The number of hydrogen-bond acceptors (Lipinski definition) is 6. The minimum Gasteiger partial charge on any atom is -0.360 e. The molecule has 192 valence electrons. The first-order chi connectivity index (χ1) is 16.6. The Balaban J connectivity index is 1.59. The van der Waals surface area contributed by atoms with Crippen molar-refractivity contribution in [1.29, 1.82) is 0 Å². The third-order valence-corrected chi connectivity index (χ3v) is 8.94. The molecule has 0 aromatic carbocycles. The van der Waals surface area contributed by atoms with Crippen molar-refractivity contribution in [3.05, 3.63) is 35.6 Å². The molecule has 4 atom stereocenters. The molecule has 1 aromatic rings. The third-order valence-electron chi connectivity index (χ3n) is 7.23. The van der Waals surface area contributed by atoms with Gasteiger partial charge in [-0.25, -0.2) is 9.07 Å². The van der Waals surface area contributed by atoms with Crippen LogP contribution in [0.25, 0.3) is 5.57 Å². The number of dihydropyridines is 1. The van der Waals surface area contributed by atoms with E-state index in [1.807, 2.05) is 4.90 Å². The van der Waals surface area contributed by atoms with Crippen molar-refractivity contribution in [2.45, 2.75) is 83.3 Å². The zero-order chi connectivity index (χ0) is 25.3. The smallest absolute Gasteiger partial charge is 0.274 e. The van der Waals surface area contributed by atoms with Gasteiger partial charge >= 0.3 is 0 Å². The van der Waals surface area contributed by atoms with Gasteiger partial charge in [0.1, 0.15) is 24.6 Å². The van der Waals surface area contributed by atoms with Crippen LogP contribution in [0, 0.1) is 5.92 Å². The number of Topliss-reactive ketones (excluding diaryl/α,β-unsaturated/α-hetero) is 1. The number of nitrogens with zero attached hydrogens (tertiary/aromatic N) is 3. The van der Waals surface area contributed by atoms with Gasteiger partial charge in [-0.05, 0) is 50.8 Å². The van der Waals surface area contributed by atoms with Crippen molar-refractivity contribution in [3.8, 4) is 0 Å². The van der Waals surface area contributed by atoms with E-state index in [1.165, 1.54) is 13.3 Å². The summed E-state index contributed by atoms with van der Waals surface area (Å²) in [7, 11) is 0.268. The molecule has 2 bridgehead atoms. The van der Waals surface area contributed by atoms with E-state index in [4.69, 9.17) is 9.47 Å². The van der Waals surface area contributed by atoms with Gasteiger partial charge in [0.2, 0.25) is 0 Å². The van der Waals surface area contributed by atoms with Crippen LogP contribution < -0.4 is 5.32 Å². The Hall–Kier alpha value is -2.30. The van der Waals surface area contributed by atoms with Crippen LogP contribution >= 0.6 is 0 Å². The van der Waals surface area contributed by atoms with Crippen LogP contribution in [0.1, 0.15) is 48.8 Å². The number of carbonyl (C=O) groups is 2. The number of ether oxygens (including phenoxy) is 2. The highest BCUT2D eigenvalue weighted by atomic mass is 28.3. The van der Waals surface area contributed by atoms with Crippen molar-refractivity contribution in [3.63, 3.8) is 0 Å². The number of amides is 1. The molecular weight excluding hydrogens is 467 g/mol. The maximum Gasteiger partial charge on any atom is 0.274 e. The van der Waals surface area contributed by atoms with Crippen molar-refractivity contribution in [2.75, 3.05) is 13.7 Å². The topological polar surface area (TPSA) is 85.7 Å². The molecule has 1 unspecified atom stereocenters. The maximum absolute atomic E-state index is 14.9. The van der Waals surface area contributed by atoms with E-state index in [9.17, 15) is 14.0 Å². The fraction of sp³-hybridized carbons (Fsp3) is 0.640. The van der Waals surface area contributed by atoms with Gasteiger partial charge < -0.3 is 19.7 Å². The molecule has 3 aliphatic rings. The first-order valence-electron chi connectivity index (χ1n) is 12.4. The van der Waals surface area contributed by atoms with Gasteiger partial charge in [0.15, 0.2) is 5.69 Å². The summed E-state index contributed by atoms with van der Waals surface area (Å²) in [6, 6.07) is 2.74. The van der Waals surface area contributed by atoms with Crippen LogP contribution in [0.4, 0.5) is 4.39 Å². The average Bonchev–Trinajstić information content (AvgIpc) is 3.33. The molecular formula is C25H37FN4O4Si. The highest BCUT2D eigenvalue weighted by Crippen LogP contribution is 2.40. The molecule has 8 nitrogen and oxygen atoms in total. The second-order valence-electron chi connectivity index (χ2n) is 11.0. The zero-order valence-corrected chi connectivity index (χ0v) is 22.3. The predicted octanol–water partition coefficient (Wildman–Crippen LogP) is 3.94. The summed E-state index contributed by atoms with van der Waals surface area (Å²) in [4.78, 5) is 27.5. The quantitative estimate of drug-likeness (QED) is 0.405. The second kappa shape index (κ2) is 10.4. The Kier molecular flexibility index (Phi) is 7.63. The molecule has 1 amide bonds. The SMILES string of the molecule is COC1C=C(c2cc(C(=O)N3[C@@H]4CC[C@H]3C[C@H](C(C)=O)C4)nn2COCC[Si](C)(C)C)C(F)=CN1. The van der Waals surface area contributed by atoms with Crippen LogP contribution in [0.2, 0.25) is 25.7 Å². The van der Waals surface area contributed by atoms with E-state index in [0.29, 0.717) is 30.7 Å². The van der Waals surface area contributed by atoms with Crippen LogP contribution in [-0.2, 0) is 21.0 Å². The van der Waals surface area contributed by atoms with E-state index in [0.717, 1.165) is 18.9 Å². The Bertz CT molecular complexity index is 1020. The van der Waals surface area contributed by atoms with Gasteiger partial charge in [-0.15, -0.1) is 0 Å². The lowest BCUT2D eigenvalue weighted by Gasteiger charge is -2.37. The highest BCUT2D eigenvalue weighted by molar-refractivity contribution is 6.76. The number of methoxy groups -OCH3 is 1. The lowest BCUT2D eigenvalue weighted by molar-refractivity contribution is -0.122. The number of rotatable bonds is 9. The average molecular weight is 505 g/mol. The summed E-state index contributed by atoms with van der Waals surface area (Å²) in [6.07, 6.45) is 5.63. The molecule has 0 aliphatic carbocycles. The molecule has 2 saturated heterocycles. The van der Waals surface area contributed by atoms with Crippen LogP contribution in [0.15, 0.2) is 24.2 Å². The number of allylic oxidation sites excluding steroid dienone is 2. The van der Waals surface area contributed by atoms with E-state index in [1.54, 1.807) is 23.7 Å². The van der Waals surface area contributed by atoms with Crippen LogP contribution in [0.5, 0.6) is 0 Å². The standard InChI is InChI=1S/C25H37FN4O4Si/c1-16(31)17-10-18-6-7-19(11-17)30(18)25(32)22-13-23(20-12-24(33-2)27-14-21(20)26)29(28-22)15-34-8-9-35(3,4)5/h12-14,17-19,24,27H,6-11,15H2,1-5H3/t17-,18-,19+,24?. The molecule has 3 aliphatic heterocycles. The van der Waals surface area contributed by atoms with Crippen molar-refractivity contribution < 1.29 is 23.5 Å². The first kappa shape index (κ1) is 25.8. The number of carbonyl (C=O) groups excluding carboxylic acids is 2. The van der Waals surface area contributed by atoms with Gasteiger partial charge in [-0.2, -0.15) is 5.10 Å². The lowest BCUT2D eigenvalue weighted by atomic mass is 9.88. The summed E-state index contributed by atoms with van der Waals surface area (Å²) < 4.78 is 27.7. The Labute approximate surface area is 207 Å². The van der Waals surface area contributed by atoms with Crippen molar-refractivity contribution in [2.24, 2.45) is 5.92 Å². The molecule has 35 heavy (non-hydrogen) atoms. The number of piperidine rings is 1. The normalized spacial score (nSPS) is 26.3. The molecule has 4 heterocycles. The largest absolute Gasteiger partial charge is 0.360 e. The molecule has 4 rings (SSSR count). The van der Waals surface area contributed by atoms with Gasteiger partial charge in [-0.3, -0.25) is 9.59 Å². The number of aromatic nitrogens is 2. The predicted molar refractivity (Wildman–Crippen MR) is 134 cm³/mol. The molecule has 0 saturated carbocycles. The van der Waals surface area contributed by atoms with Gasteiger partial charge in [0.25, 0.3) is 5.91 Å². The van der Waals surface area contributed by atoms with Gasteiger partial charge in [0.05, 0.1) is 5.69 Å². The molecule has 0 radical (unpaired) electrons. The minimum absolute atomic E-state index is 0.0227. The van der Waals surface area contributed by atoms with Gasteiger partial charge in [0, 0.05) is 51.6 Å². The summed E-state index contributed by atoms with van der Waals surface area (Å²) >= 11 is 0. The lowest BCUT2D eigenvalue weighted by Crippen LogP contribution is -2.47. The Morgan fingerprint density at radius 3 is 2.51 bits per heavy atom. The summed E-state index contributed by atoms with van der Waals surface area (Å²) in [5.41, 5.74) is 1.06. The molecule has 1 aromatic heterocycles. The number of nitrogens with one attached hydrogen (secondary N) is 1. The molecule has 1 N–H and O–H groups in total. The fourth-order valence-corrected chi connectivity index (χ4v) is 5.95. The summed E-state index contributed by atoms with van der Waals surface area (Å²) in [5, 5.41) is 7.41. The molecule has 10 heteroatoms.